The molecule has 0 saturated heterocycles. The van der Waals surface area contributed by atoms with Crippen LogP contribution in [-0.4, -0.2) is 25.8 Å². The fraction of sp³-hybridized carbons (Fsp3) is 0.444. The van der Waals surface area contributed by atoms with Gasteiger partial charge in [-0.15, -0.1) is 0 Å². The summed E-state index contributed by atoms with van der Waals surface area (Å²) in [6.07, 6.45) is 3.78. The van der Waals surface area contributed by atoms with Crippen LogP contribution in [-0.2, 0) is 29.3 Å². The number of hydrogen-bond acceptors (Lipinski definition) is 4. The number of carboxylic acid groups (broad SMARTS) is 1. The highest BCUT2D eigenvalue weighted by atomic mass is 16.5. The van der Waals surface area contributed by atoms with Crippen molar-refractivity contribution in [1.82, 2.24) is 14.8 Å². The molecule has 0 fully saturated rings. The topological polar surface area (TPSA) is 77.2 Å². The number of nitrogens with zero attached hydrogens (tertiary/aromatic N) is 3. The highest BCUT2D eigenvalue weighted by Gasteiger charge is 2.36. The van der Waals surface area contributed by atoms with Gasteiger partial charge in [0, 0.05) is 7.05 Å². The summed E-state index contributed by atoms with van der Waals surface area (Å²) in [6.45, 7) is 9.81. The first-order chi connectivity index (χ1) is 15.6. The van der Waals surface area contributed by atoms with E-state index in [2.05, 4.69) is 56.0 Å². The van der Waals surface area contributed by atoms with Crippen LogP contribution in [0.1, 0.15) is 81.0 Å². The number of carbonyl (C=O) groups is 1. The number of ether oxygens (including phenoxy) is 1. The molecule has 1 aromatic heterocycles. The van der Waals surface area contributed by atoms with Crippen molar-refractivity contribution in [2.75, 3.05) is 0 Å². The minimum atomic E-state index is -0.873. The first-order valence-electron chi connectivity index (χ1n) is 11.5. The first-order valence-corrected chi connectivity index (χ1v) is 11.5. The van der Waals surface area contributed by atoms with Crippen LogP contribution in [0.2, 0.25) is 0 Å². The Morgan fingerprint density at radius 1 is 1.06 bits per heavy atom. The molecule has 1 aliphatic rings. The zero-order valence-corrected chi connectivity index (χ0v) is 20.1. The number of hydrogen-bond donors (Lipinski definition) is 1. The van der Waals surface area contributed by atoms with E-state index in [0.29, 0.717) is 12.4 Å². The van der Waals surface area contributed by atoms with Crippen LogP contribution < -0.4 is 4.74 Å². The van der Waals surface area contributed by atoms with E-state index < -0.39 is 5.97 Å². The maximum atomic E-state index is 11.4. The Labute approximate surface area is 195 Å². The molecular weight excluding hydrogens is 414 g/mol. The highest BCUT2D eigenvalue weighted by Crippen LogP contribution is 2.46. The van der Waals surface area contributed by atoms with Gasteiger partial charge in [0.25, 0.3) is 0 Å². The summed E-state index contributed by atoms with van der Waals surface area (Å²) in [5, 5.41) is 13.5. The summed E-state index contributed by atoms with van der Waals surface area (Å²) in [5.74, 6) is 0.144. The minimum absolute atomic E-state index is 0.0476. The van der Waals surface area contributed by atoms with E-state index in [1.54, 1.807) is 11.7 Å². The fourth-order valence-corrected chi connectivity index (χ4v) is 4.84. The molecule has 6 heteroatoms. The molecule has 33 heavy (non-hydrogen) atoms. The summed E-state index contributed by atoms with van der Waals surface area (Å²) < 4.78 is 7.71. The van der Waals surface area contributed by atoms with Gasteiger partial charge in [-0.3, -0.25) is 9.48 Å². The van der Waals surface area contributed by atoms with Crippen LogP contribution in [0, 0.1) is 0 Å². The van der Waals surface area contributed by atoms with Gasteiger partial charge in [-0.1, -0.05) is 58.0 Å². The number of aryl methyl sites for hydroxylation is 1. The summed E-state index contributed by atoms with van der Waals surface area (Å²) in [5.41, 5.74) is 5.28. The second-order valence-electron chi connectivity index (χ2n) is 10.4. The molecule has 6 nitrogen and oxygen atoms in total. The van der Waals surface area contributed by atoms with Crippen molar-refractivity contribution in [3.05, 3.63) is 76.9 Å². The van der Waals surface area contributed by atoms with Gasteiger partial charge in [-0.25, -0.2) is 4.98 Å². The molecule has 3 aromatic rings. The molecule has 1 aliphatic carbocycles. The lowest BCUT2D eigenvalue weighted by atomic mass is 9.63. The number of rotatable bonds is 7. The van der Waals surface area contributed by atoms with Crippen molar-refractivity contribution in [2.24, 2.45) is 7.05 Å². The van der Waals surface area contributed by atoms with Gasteiger partial charge in [0.05, 0.1) is 12.3 Å². The quantitative estimate of drug-likeness (QED) is 0.528. The van der Waals surface area contributed by atoms with E-state index in [1.807, 2.05) is 24.3 Å². The first kappa shape index (κ1) is 23.0. The maximum Gasteiger partial charge on any atom is 0.304 e. The molecule has 0 amide bonds. The number of fused-ring (bicyclic) bond motifs is 1. The van der Waals surface area contributed by atoms with Gasteiger partial charge in [0.1, 0.15) is 24.5 Å². The second-order valence-corrected chi connectivity index (χ2v) is 10.4. The summed E-state index contributed by atoms with van der Waals surface area (Å²) in [4.78, 5) is 15.7. The Morgan fingerprint density at radius 2 is 1.73 bits per heavy atom. The zero-order chi connectivity index (χ0) is 23.8. The number of aromatic nitrogens is 3. The average Bonchev–Trinajstić information content (AvgIpc) is 3.20. The van der Waals surface area contributed by atoms with Crippen molar-refractivity contribution in [2.45, 2.75) is 70.3 Å². The van der Waals surface area contributed by atoms with Crippen LogP contribution >= 0.6 is 0 Å². The van der Waals surface area contributed by atoms with Gasteiger partial charge in [0.15, 0.2) is 0 Å². The number of carboxylic acids is 1. The van der Waals surface area contributed by atoms with Gasteiger partial charge in [0.2, 0.25) is 0 Å². The van der Waals surface area contributed by atoms with Gasteiger partial charge < -0.3 is 9.84 Å². The van der Waals surface area contributed by atoms with E-state index in [0.717, 1.165) is 16.9 Å². The molecule has 0 saturated carbocycles. The van der Waals surface area contributed by atoms with E-state index in [4.69, 9.17) is 4.74 Å². The molecule has 0 aliphatic heterocycles. The zero-order valence-electron chi connectivity index (χ0n) is 20.1. The maximum absolute atomic E-state index is 11.4. The molecule has 1 unspecified atom stereocenters. The summed E-state index contributed by atoms with van der Waals surface area (Å²) in [6, 6.07) is 14.4. The molecule has 174 valence electrons. The minimum Gasteiger partial charge on any atom is -0.489 e. The van der Waals surface area contributed by atoms with E-state index in [9.17, 15) is 9.90 Å². The molecular formula is C27H33N3O3. The lowest BCUT2D eigenvalue weighted by Crippen LogP contribution is -2.33. The van der Waals surface area contributed by atoms with Crippen LogP contribution in [0.4, 0.5) is 0 Å². The third-order valence-corrected chi connectivity index (χ3v) is 7.04. The van der Waals surface area contributed by atoms with Crippen LogP contribution in [0.15, 0.2) is 48.8 Å². The van der Waals surface area contributed by atoms with Crippen LogP contribution in [0.5, 0.6) is 5.75 Å². The third-order valence-electron chi connectivity index (χ3n) is 7.04. The Balaban J connectivity index is 1.50. The second kappa shape index (κ2) is 8.65. The van der Waals surface area contributed by atoms with Crippen molar-refractivity contribution >= 4 is 5.97 Å². The SMILES string of the molecule is Cn1ncnc1C(CC(=O)O)c1ccc(OCc2ccc3c(c2)C(C)(C)CCC3(C)C)cc1. The third kappa shape index (κ3) is 4.80. The lowest BCUT2D eigenvalue weighted by molar-refractivity contribution is -0.137. The van der Waals surface area contributed by atoms with Gasteiger partial charge >= 0.3 is 5.97 Å². The molecule has 4 rings (SSSR count). The van der Waals surface area contributed by atoms with Gasteiger partial charge in [-0.2, -0.15) is 5.10 Å². The monoisotopic (exact) mass is 447 g/mol. The van der Waals surface area contributed by atoms with Crippen molar-refractivity contribution in [3.8, 4) is 5.75 Å². The Morgan fingerprint density at radius 3 is 2.33 bits per heavy atom. The molecule has 0 spiro atoms. The van der Waals surface area contributed by atoms with Crippen molar-refractivity contribution in [1.29, 1.82) is 0 Å². The van der Waals surface area contributed by atoms with Crippen LogP contribution in [0.25, 0.3) is 0 Å². The summed E-state index contributed by atoms with van der Waals surface area (Å²) in [7, 11) is 1.77. The van der Waals surface area contributed by atoms with Gasteiger partial charge in [-0.05, 0) is 58.1 Å². The fourth-order valence-electron chi connectivity index (χ4n) is 4.84. The van der Waals surface area contributed by atoms with E-state index in [-0.39, 0.29) is 23.2 Å². The van der Waals surface area contributed by atoms with E-state index >= 15 is 0 Å². The van der Waals surface area contributed by atoms with Crippen molar-refractivity contribution < 1.29 is 14.6 Å². The normalized spacial score (nSPS) is 17.2. The Bertz CT molecular complexity index is 1150. The average molecular weight is 448 g/mol. The van der Waals surface area contributed by atoms with Crippen LogP contribution in [0.3, 0.4) is 0 Å². The molecule has 0 bridgehead atoms. The molecule has 0 radical (unpaired) electrons. The molecule has 1 heterocycles. The molecule has 1 N–H and O–H groups in total. The smallest absolute Gasteiger partial charge is 0.304 e. The van der Waals surface area contributed by atoms with Crippen molar-refractivity contribution in [3.63, 3.8) is 0 Å². The summed E-state index contributed by atoms with van der Waals surface area (Å²) >= 11 is 0. The molecule has 2 aromatic carbocycles. The predicted molar refractivity (Wildman–Crippen MR) is 128 cm³/mol. The Kier molecular flexibility index (Phi) is 6.04. The number of benzene rings is 2. The lowest BCUT2D eigenvalue weighted by Gasteiger charge is -2.42. The standard InChI is InChI=1S/C27H33N3O3/c1-26(2)12-13-27(3,4)23-14-18(6-11-22(23)26)16-33-20-9-7-19(8-10-20)21(15-24(31)32)25-28-17-29-30(25)5/h6-11,14,17,21H,12-13,15-16H2,1-5H3,(H,31,32). The number of aliphatic carboxylic acids is 1. The predicted octanol–water partition coefficient (Wildman–Crippen LogP) is 5.35. The van der Waals surface area contributed by atoms with E-state index in [1.165, 1.54) is 30.3 Å². The largest absolute Gasteiger partial charge is 0.489 e. The molecule has 1 atom stereocenters. The highest BCUT2D eigenvalue weighted by molar-refractivity contribution is 5.68. The Hall–Kier alpha value is -3.15.